The second kappa shape index (κ2) is 6.62. The molecule has 2 N–H and O–H groups in total. The average Bonchev–Trinajstić information content (AvgIpc) is 2.68. The van der Waals surface area contributed by atoms with E-state index in [1.807, 2.05) is 12.3 Å². The molecule has 0 aliphatic carbocycles. The van der Waals surface area contributed by atoms with Crippen LogP contribution in [0.3, 0.4) is 0 Å². The van der Waals surface area contributed by atoms with Gasteiger partial charge in [0.2, 0.25) is 0 Å². The lowest BCUT2D eigenvalue weighted by atomic mass is 10.3. The van der Waals surface area contributed by atoms with Crippen molar-refractivity contribution in [2.75, 3.05) is 33.2 Å². The molecule has 0 unspecified atom stereocenters. The fourth-order valence-corrected chi connectivity index (χ4v) is 1.39. The first-order valence-corrected chi connectivity index (χ1v) is 5.34. The molecule has 0 saturated heterocycles. The smallest absolute Gasteiger partial charge is 0.0159 e. The zero-order valence-corrected chi connectivity index (χ0v) is 9.21. The van der Waals surface area contributed by atoms with Gasteiger partial charge < -0.3 is 15.2 Å². The third-order valence-electron chi connectivity index (χ3n) is 2.35. The van der Waals surface area contributed by atoms with Crippen molar-refractivity contribution >= 4 is 0 Å². The molecule has 1 aromatic rings. The van der Waals surface area contributed by atoms with E-state index in [0.29, 0.717) is 0 Å². The second-order valence-corrected chi connectivity index (χ2v) is 3.60. The first-order valence-electron chi connectivity index (χ1n) is 5.34. The van der Waals surface area contributed by atoms with E-state index in [0.717, 1.165) is 32.6 Å². The van der Waals surface area contributed by atoms with Gasteiger partial charge in [0.15, 0.2) is 0 Å². The Morgan fingerprint density at radius 1 is 1.43 bits per heavy atom. The van der Waals surface area contributed by atoms with Crippen molar-refractivity contribution in [2.45, 2.75) is 13.3 Å². The molecule has 14 heavy (non-hydrogen) atoms. The highest BCUT2D eigenvalue weighted by Crippen LogP contribution is 1.96. The van der Waals surface area contributed by atoms with Crippen LogP contribution in [0.1, 0.15) is 12.6 Å². The maximum atomic E-state index is 3.32. The van der Waals surface area contributed by atoms with Gasteiger partial charge in [-0.25, -0.2) is 0 Å². The molecule has 0 saturated carbocycles. The molecule has 0 aliphatic rings. The van der Waals surface area contributed by atoms with Gasteiger partial charge in [-0.05, 0) is 25.7 Å². The maximum absolute atomic E-state index is 3.32. The summed E-state index contributed by atoms with van der Waals surface area (Å²) in [6.07, 6.45) is 3.09. The summed E-state index contributed by atoms with van der Waals surface area (Å²) >= 11 is 0. The van der Waals surface area contributed by atoms with Gasteiger partial charge in [-0.15, -0.1) is 0 Å². The van der Waals surface area contributed by atoms with Crippen LogP contribution in [0.15, 0.2) is 18.3 Å². The molecule has 0 fully saturated rings. The third-order valence-corrected chi connectivity index (χ3v) is 2.35. The summed E-state index contributed by atoms with van der Waals surface area (Å²) in [4.78, 5) is 5.57. The minimum atomic E-state index is 1.06. The molecular formula is C11H21N3. The Bertz CT molecular complexity index is 218. The van der Waals surface area contributed by atoms with Crippen LogP contribution in [0, 0.1) is 0 Å². The topological polar surface area (TPSA) is 31.1 Å². The van der Waals surface area contributed by atoms with Crippen LogP contribution >= 0.6 is 0 Å². The van der Waals surface area contributed by atoms with Crippen LogP contribution in [-0.4, -0.2) is 43.1 Å². The van der Waals surface area contributed by atoms with Gasteiger partial charge in [-0.2, -0.15) is 0 Å². The van der Waals surface area contributed by atoms with Crippen LogP contribution in [0.2, 0.25) is 0 Å². The van der Waals surface area contributed by atoms with E-state index < -0.39 is 0 Å². The Labute approximate surface area is 86.5 Å². The third kappa shape index (κ3) is 4.44. The summed E-state index contributed by atoms with van der Waals surface area (Å²) in [6, 6.07) is 4.19. The molecule has 0 atom stereocenters. The first kappa shape index (κ1) is 11.3. The highest BCUT2D eigenvalue weighted by Gasteiger charge is 1.98. The Balaban J connectivity index is 2.06. The summed E-state index contributed by atoms with van der Waals surface area (Å²) in [5, 5.41) is 3.32. The van der Waals surface area contributed by atoms with Crippen molar-refractivity contribution in [3.05, 3.63) is 24.0 Å². The molecule has 0 amide bonds. The highest BCUT2D eigenvalue weighted by molar-refractivity contribution is 5.03. The van der Waals surface area contributed by atoms with E-state index in [9.17, 15) is 0 Å². The van der Waals surface area contributed by atoms with Crippen LogP contribution in [0.4, 0.5) is 0 Å². The lowest BCUT2D eigenvalue weighted by Gasteiger charge is -2.15. The minimum absolute atomic E-state index is 1.06. The van der Waals surface area contributed by atoms with Crippen molar-refractivity contribution in [3.63, 3.8) is 0 Å². The van der Waals surface area contributed by atoms with Gasteiger partial charge >= 0.3 is 0 Å². The number of likely N-dealkylation sites (N-methyl/N-ethyl adjacent to an activating group) is 2. The summed E-state index contributed by atoms with van der Waals surface area (Å²) in [6.45, 7) is 6.52. The van der Waals surface area contributed by atoms with Crippen molar-refractivity contribution in [2.24, 2.45) is 0 Å². The number of nitrogens with zero attached hydrogens (tertiary/aromatic N) is 1. The Morgan fingerprint density at radius 2 is 2.29 bits per heavy atom. The predicted molar refractivity (Wildman–Crippen MR) is 60.5 cm³/mol. The molecule has 1 rings (SSSR count). The molecule has 0 spiro atoms. The van der Waals surface area contributed by atoms with Gasteiger partial charge in [0.25, 0.3) is 0 Å². The van der Waals surface area contributed by atoms with Crippen LogP contribution in [0.5, 0.6) is 0 Å². The lowest BCUT2D eigenvalue weighted by Crippen LogP contribution is -2.30. The molecule has 0 radical (unpaired) electrons. The van der Waals surface area contributed by atoms with Gasteiger partial charge in [0.1, 0.15) is 0 Å². The fourth-order valence-electron chi connectivity index (χ4n) is 1.39. The largest absolute Gasteiger partial charge is 0.365 e. The molecule has 80 valence electrons. The van der Waals surface area contributed by atoms with Gasteiger partial charge in [0.05, 0.1) is 0 Å². The Hall–Kier alpha value is -0.800. The van der Waals surface area contributed by atoms with E-state index in [1.54, 1.807) is 0 Å². The number of nitrogens with one attached hydrogen (secondary N) is 2. The Kier molecular flexibility index (Phi) is 5.33. The molecule has 3 nitrogen and oxygen atoms in total. The fraction of sp³-hybridized carbons (Fsp3) is 0.636. The van der Waals surface area contributed by atoms with E-state index in [-0.39, 0.29) is 0 Å². The van der Waals surface area contributed by atoms with Crippen LogP contribution in [0.25, 0.3) is 0 Å². The summed E-state index contributed by atoms with van der Waals surface area (Å²) in [5.41, 5.74) is 1.32. The summed E-state index contributed by atoms with van der Waals surface area (Å²) in [7, 11) is 2.17. The molecule has 1 heterocycles. The van der Waals surface area contributed by atoms with Crippen molar-refractivity contribution in [3.8, 4) is 0 Å². The Morgan fingerprint density at radius 3 is 2.93 bits per heavy atom. The molecule has 1 aromatic heterocycles. The van der Waals surface area contributed by atoms with Crippen LogP contribution < -0.4 is 5.32 Å². The molecular weight excluding hydrogens is 174 g/mol. The molecule has 0 aliphatic heterocycles. The molecule has 0 bridgehead atoms. The number of hydrogen-bond donors (Lipinski definition) is 2. The van der Waals surface area contributed by atoms with Crippen molar-refractivity contribution in [1.29, 1.82) is 0 Å². The number of H-pyrrole nitrogens is 1. The van der Waals surface area contributed by atoms with Gasteiger partial charge in [0, 0.05) is 37.9 Å². The minimum Gasteiger partial charge on any atom is -0.365 e. The van der Waals surface area contributed by atoms with Gasteiger partial charge in [-0.1, -0.05) is 6.92 Å². The highest BCUT2D eigenvalue weighted by atomic mass is 15.1. The number of aromatic nitrogens is 1. The number of hydrogen-bond acceptors (Lipinski definition) is 2. The first-order chi connectivity index (χ1) is 6.83. The second-order valence-electron chi connectivity index (χ2n) is 3.60. The summed E-state index contributed by atoms with van der Waals surface area (Å²) < 4.78 is 0. The molecule has 0 aromatic carbocycles. The number of aromatic amines is 1. The zero-order chi connectivity index (χ0) is 10.2. The van der Waals surface area contributed by atoms with Gasteiger partial charge in [-0.3, -0.25) is 0 Å². The van der Waals surface area contributed by atoms with E-state index in [4.69, 9.17) is 0 Å². The molecule has 3 heteroatoms. The average molecular weight is 195 g/mol. The van der Waals surface area contributed by atoms with Crippen molar-refractivity contribution < 1.29 is 0 Å². The van der Waals surface area contributed by atoms with E-state index in [2.05, 4.69) is 35.2 Å². The zero-order valence-electron chi connectivity index (χ0n) is 9.21. The summed E-state index contributed by atoms with van der Waals surface area (Å²) in [5.74, 6) is 0. The van der Waals surface area contributed by atoms with E-state index >= 15 is 0 Å². The predicted octanol–water partition coefficient (Wildman–Crippen LogP) is 1.10. The maximum Gasteiger partial charge on any atom is 0.0159 e. The quantitative estimate of drug-likeness (QED) is 0.638. The van der Waals surface area contributed by atoms with E-state index in [1.165, 1.54) is 5.69 Å². The van der Waals surface area contributed by atoms with Crippen molar-refractivity contribution in [1.82, 2.24) is 15.2 Å². The van der Waals surface area contributed by atoms with Crippen LogP contribution in [-0.2, 0) is 6.42 Å². The monoisotopic (exact) mass is 195 g/mol. The normalized spacial score (nSPS) is 11.1. The lowest BCUT2D eigenvalue weighted by molar-refractivity contribution is 0.336. The standard InChI is InChI=1S/C11H21N3/c1-3-12-8-10-14(2)9-6-11-5-4-7-13-11/h4-5,7,12-13H,3,6,8-10H2,1-2H3. The number of rotatable bonds is 7. The SMILES string of the molecule is CCNCCN(C)CCc1ccc[nH]1.